The smallest absolute Gasteiger partial charge is 0.254 e. The molecular formula is C16H18N2OS. The Hall–Kier alpha value is -1.94. The highest BCUT2D eigenvalue weighted by Crippen LogP contribution is 2.17. The number of nitrogens with two attached hydrogens (primary N) is 1. The Balaban J connectivity index is 2.30. The summed E-state index contributed by atoms with van der Waals surface area (Å²) in [4.78, 5) is 14.6. The highest BCUT2D eigenvalue weighted by molar-refractivity contribution is 7.80. The van der Waals surface area contributed by atoms with Crippen molar-refractivity contribution in [2.45, 2.75) is 13.3 Å². The van der Waals surface area contributed by atoms with E-state index in [-0.39, 0.29) is 5.91 Å². The van der Waals surface area contributed by atoms with Crippen molar-refractivity contribution >= 4 is 33.9 Å². The molecule has 4 heteroatoms. The molecule has 0 saturated carbocycles. The van der Waals surface area contributed by atoms with Crippen molar-refractivity contribution in [3.8, 4) is 0 Å². The van der Waals surface area contributed by atoms with Crippen LogP contribution in [0, 0.1) is 0 Å². The molecule has 0 bridgehead atoms. The van der Waals surface area contributed by atoms with Gasteiger partial charge in [0.2, 0.25) is 0 Å². The summed E-state index contributed by atoms with van der Waals surface area (Å²) in [5, 5.41) is 2.19. The van der Waals surface area contributed by atoms with Crippen LogP contribution in [0.4, 0.5) is 0 Å². The number of hydrogen-bond donors (Lipinski definition) is 1. The first kappa shape index (κ1) is 14.5. The first-order valence-corrected chi connectivity index (χ1v) is 7.09. The molecule has 0 unspecified atom stereocenters. The summed E-state index contributed by atoms with van der Waals surface area (Å²) in [6.45, 7) is 3.01. The van der Waals surface area contributed by atoms with E-state index in [1.54, 1.807) is 4.90 Å². The molecular weight excluding hydrogens is 268 g/mol. The Morgan fingerprint density at radius 3 is 2.55 bits per heavy atom. The average molecular weight is 286 g/mol. The molecule has 0 aliphatic carbocycles. The Kier molecular flexibility index (Phi) is 4.69. The predicted molar refractivity (Wildman–Crippen MR) is 86.9 cm³/mol. The molecule has 20 heavy (non-hydrogen) atoms. The number of hydrogen-bond acceptors (Lipinski definition) is 2. The van der Waals surface area contributed by atoms with Crippen molar-refractivity contribution in [3.63, 3.8) is 0 Å². The lowest BCUT2D eigenvalue weighted by Gasteiger charge is -2.21. The SMILES string of the molecule is CCCN(CC(N)=S)C(=O)c1ccc2ccccc2c1. The molecule has 104 valence electrons. The molecule has 2 rings (SSSR count). The molecule has 0 fully saturated rings. The van der Waals surface area contributed by atoms with Gasteiger partial charge in [0.25, 0.3) is 5.91 Å². The number of rotatable bonds is 5. The summed E-state index contributed by atoms with van der Waals surface area (Å²) in [6, 6.07) is 13.7. The van der Waals surface area contributed by atoms with E-state index >= 15 is 0 Å². The second kappa shape index (κ2) is 6.48. The van der Waals surface area contributed by atoms with Gasteiger partial charge in [0.1, 0.15) is 0 Å². The van der Waals surface area contributed by atoms with Crippen molar-refractivity contribution < 1.29 is 4.79 Å². The van der Waals surface area contributed by atoms with E-state index in [1.807, 2.05) is 49.4 Å². The van der Waals surface area contributed by atoms with E-state index in [2.05, 4.69) is 0 Å². The third-order valence-corrected chi connectivity index (χ3v) is 3.25. The molecule has 0 aromatic heterocycles. The Morgan fingerprint density at radius 2 is 1.90 bits per heavy atom. The van der Waals surface area contributed by atoms with E-state index in [0.717, 1.165) is 17.2 Å². The fraction of sp³-hybridized carbons (Fsp3) is 0.250. The lowest BCUT2D eigenvalue weighted by molar-refractivity contribution is 0.0780. The number of nitrogens with zero attached hydrogens (tertiary/aromatic N) is 1. The molecule has 2 N–H and O–H groups in total. The molecule has 0 aliphatic rings. The van der Waals surface area contributed by atoms with Gasteiger partial charge in [-0.3, -0.25) is 4.79 Å². The van der Waals surface area contributed by atoms with Gasteiger partial charge >= 0.3 is 0 Å². The average Bonchev–Trinajstić information content (AvgIpc) is 2.45. The number of benzene rings is 2. The molecule has 0 atom stereocenters. The van der Waals surface area contributed by atoms with E-state index in [1.165, 1.54) is 0 Å². The van der Waals surface area contributed by atoms with Crippen molar-refractivity contribution in [2.24, 2.45) is 5.73 Å². The summed E-state index contributed by atoms with van der Waals surface area (Å²) >= 11 is 4.92. The summed E-state index contributed by atoms with van der Waals surface area (Å²) in [5.74, 6) is -0.0228. The Labute approximate surface area is 124 Å². The number of carbonyl (C=O) groups is 1. The lowest BCUT2D eigenvalue weighted by atomic mass is 10.1. The first-order valence-electron chi connectivity index (χ1n) is 6.68. The van der Waals surface area contributed by atoms with Crippen molar-refractivity contribution in [3.05, 3.63) is 48.0 Å². The zero-order valence-corrected chi connectivity index (χ0v) is 12.3. The second-order valence-corrected chi connectivity index (χ2v) is 5.28. The topological polar surface area (TPSA) is 46.3 Å². The molecule has 0 aliphatic heterocycles. The maximum Gasteiger partial charge on any atom is 0.254 e. The highest BCUT2D eigenvalue weighted by atomic mass is 32.1. The number of fused-ring (bicyclic) bond motifs is 1. The quantitative estimate of drug-likeness (QED) is 0.860. The molecule has 2 aromatic rings. The van der Waals surface area contributed by atoms with Crippen LogP contribution in [0.25, 0.3) is 10.8 Å². The van der Waals surface area contributed by atoms with E-state index in [4.69, 9.17) is 18.0 Å². The van der Waals surface area contributed by atoms with Gasteiger partial charge in [-0.05, 0) is 29.3 Å². The van der Waals surface area contributed by atoms with Crippen molar-refractivity contribution in [1.82, 2.24) is 4.90 Å². The van der Waals surface area contributed by atoms with Gasteiger partial charge in [-0.15, -0.1) is 0 Å². The van der Waals surface area contributed by atoms with Gasteiger partial charge in [0, 0.05) is 12.1 Å². The minimum atomic E-state index is -0.0228. The minimum Gasteiger partial charge on any atom is -0.392 e. The second-order valence-electron chi connectivity index (χ2n) is 4.75. The van der Waals surface area contributed by atoms with E-state index in [9.17, 15) is 4.79 Å². The standard InChI is InChI=1S/C16H18N2OS/c1-2-9-18(11-15(17)20)16(19)14-8-7-12-5-3-4-6-13(12)10-14/h3-8,10H,2,9,11H2,1H3,(H2,17,20). The van der Waals surface area contributed by atoms with Crippen LogP contribution in [0.2, 0.25) is 0 Å². The highest BCUT2D eigenvalue weighted by Gasteiger charge is 2.15. The fourth-order valence-corrected chi connectivity index (χ4v) is 2.37. The van der Waals surface area contributed by atoms with Crippen LogP contribution in [0.1, 0.15) is 23.7 Å². The van der Waals surface area contributed by atoms with Crippen LogP contribution in [-0.2, 0) is 0 Å². The monoisotopic (exact) mass is 286 g/mol. The summed E-state index contributed by atoms with van der Waals surface area (Å²) in [5.41, 5.74) is 6.24. The Bertz CT molecular complexity index is 639. The van der Waals surface area contributed by atoms with Crippen LogP contribution in [0.5, 0.6) is 0 Å². The largest absolute Gasteiger partial charge is 0.392 e. The van der Waals surface area contributed by atoms with Gasteiger partial charge in [0.05, 0.1) is 11.5 Å². The predicted octanol–water partition coefficient (Wildman–Crippen LogP) is 2.98. The van der Waals surface area contributed by atoms with Crippen LogP contribution in [-0.4, -0.2) is 28.9 Å². The van der Waals surface area contributed by atoms with Crippen LogP contribution in [0.15, 0.2) is 42.5 Å². The van der Waals surface area contributed by atoms with Crippen molar-refractivity contribution in [2.75, 3.05) is 13.1 Å². The van der Waals surface area contributed by atoms with E-state index < -0.39 is 0 Å². The summed E-state index contributed by atoms with van der Waals surface area (Å²) < 4.78 is 0. The number of carbonyl (C=O) groups excluding carboxylic acids is 1. The van der Waals surface area contributed by atoms with Crippen LogP contribution < -0.4 is 5.73 Å². The molecule has 0 radical (unpaired) electrons. The molecule has 3 nitrogen and oxygen atoms in total. The van der Waals surface area contributed by atoms with Gasteiger partial charge in [-0.2, -0.15) is 0 Å². The van der Waals surface area contributed by atoms with E-state index in [0.29, 0.717) is 23.6 Å². The minimum absolute atomic E-state index is 0.0228. The molecule has 2 aromatic carbocycles. The molecule has 0 heterocycles. The maximum absolute atomic E-state index is 12.5. The molecule has 0 saturated heterocycles. The van der Waals surface area contributed by atoms with Gasteiger partial charge in [0.15, 0.2) is 0 Å². The van der Waals surface area contributed by atoms with Gasteiger partial charge < -0.3 is 10.6 Å². The van der Waals surface area contributed by atoms with Crippen LogP contribution in [0.3, 0.4) is 0 Å². The third kappa shape index (κ3) is 3.33. The lowest BCUT2D eigenvalue weighted by Crippen LogP contribution is -2.38. The van der Waals surface area contributed by atoms with Gasteiger partial charge in [-0.1, -0.05) is 49.5 Å². The zero-order valence-electron chi connectivity index (χ0n) is 11.5. The maximum atomic E-state index is 12.5. The van der Waals surface area contributed by atoms with Crippen LogP contribution >= 0.6 is 12.2 Å². The molecule has 0 spiro atoms. The zero-order chi connectivity index (χ0) is 14.5. The number of thiocarbonyl (C=S) groups is 1. The summed E-state index contributed by atoms with van der Waals surface area (Å²) in [7, 11) is 0. The molecule has 1 amide bonds. The fourth-order valence-electron chi connectivity index (χ4n) is 2.22. The normalized spacial score (nSPS) is 10.4. The Morgan fingerprint density at radius 1 is 1.20 bits per heavy atom. The first-order chi connectivity index (χ1) is 9.61. The third-order valence-electron chi connectivity index (χ3n) is 3.12. The summed E-state index contributed by atoms with van der Waals surface area (Å²) in [6.07, 6.45) is 0.877. The van der Waals surface area contributed by atoms with Gasteiger partial charge in [-0.25, -0.2) is 0 Å². The number of amides is 1. The van der Waals surface area contributed by atoms with Crippen molar-refractivity contribution in [1.29, 1.82) is 0 Å².